The lowest BCUT2D eigenvalue weighted by Crippen LogP contribution is -2.47. The average molecular weight is 606 g/mol. The lowest BCUT2D eigenvalue weighted by molar-refractivity contribution is -0.0271. The fraction of sp³-hybridized carbons (Fsp3) is 0.500. The average Bonchev–Trinajstić information content (AvgIpc) is 3.62. The van der Waals surface area contributed by atoms with Crippen LogP contribution in [0.1, 0.15) is 51.0 Å². The quantitative estimate of drug-likeness (QED) is 0.189. The second-order valence-corrected chi connectivity index (χ2v) is 12.5. The molecule has 1 saturated heterocycles. The predicted octanol–water partition coefficient (Wildman–Crippen LogP) is 5.40. The number of aromatic nitrogens is 1. The molecule has 1 aliphatic carbocycles. The van der Waals surface area contributed by atoms with Crippen LogP contribution in [0, 0.1) is 5.92 Å². The third kappa shape index (κ3) is 6.98. The molecule has 6 rings (SSSR count). The van der Waals surface area contributed by atoms with Gasteiger partial charge in [-0.05, 0) is 68.7 Å². The largest absolute Gasteiger partial charge is 0.497 e. The third-order valence-electron chi connectivity index (χ3n) is 9.37. The molecule has 2 atom stereocenters. The summed E-state index contributed by atoms with van der Waals surface area (Å²) in [6.45, 7) is 5.10. The Bertz CT molecular complexity index is 1570. The molecule has 236 valence electrons. The summed E-state index contributed by atoms with van der Waals surface area (Å²) in [4.78, 5) is 18.3. The van der Waals surface area contributed by atoms with Crippen molar-refractivity contribution >= 4 is 28.0 Å². The summed E-state index contributed by atoms with van der Waals surface area (Å²) in [7, 11) is 1.63. The number of H-pyrrole nitrogens is 1. The van der Waals surface area contributed by atoms with E-state index in [9.17, 15) is 15.0 Å². The zero-order chi connectivity index (χ0) is 30.7. The van der Waals surface area contributed by atoms with E-state index in [2.05, 4.69) is 22.1 Å². The normalized spacial score (nSPS) is 24.4. The maximum atomic E-state index is 12.8. The minimum atomic E-state index is -0.715. The van der Waals surface area contributed by atoms with Crippen LogP contribution < -0.4 is 19.5 Å². The molecule has 1 aliphatic heterocycles. The van der Waals surface area contributed by atoms with Gasteiger partial charge in [-0.25, -0.2) is 4.79 Å². The van der Waals surface area contributed by atoms with Crippen molar-refractivity contribution in [2.75, 3.05) is 33.4 Å². The van der Waals surface area contributed by atoms with Crippen molar-refractivity contribution in [1.82, 2.24) is 15.2 Å². The molecule has 0 radical (unpaired) electrons. The van der Waals surface area contributed by atoms with E-state index in [4.69, 9.17) is 18.6 Å². The van der Waals surface area contributed by atoms with E-state index in [1.165, 1.54) is 0 Å². The van der Waals surface area contributed by atoms with E-state index < -0.39 is 11.7 Å². The monoisotopic (exact) mass is 605 g/mol. The molecule has 2 aromatic heterocycles. The zero-order valence-corrected chi connectivity index (χ0v) is 25.5. The second kappa shape index (κ2) is 13.1. The van der Waals surface area contributed by atoms with E-state index in [1.807, 2.05) is 36.4 Å². The Kier molecular flexibility index (Phi) is 9.02. The number of rotatable bonds is 10. The van der Waals surface area contributed by atoms with Gasteiger partial charge in [0.05, 0.1) is 37.2 Å². The molecule has 4 N–H and O–H groups in total. The molecule has 0 unspecified atom stereocenters. The highest BCUT2D eigenvalue weighted by atomic mass is 16.6. The van der Waals surface area contributed by atoms with Crippen molar-refractivity contribution in [3.63, 3.8) is 0 Å². The number of nitrogens with one attached hydrogen (secondary N) is 2. The van der Waals surface area contributed by atoms with E-state index in [1.54, 1.807) is 19.4 Å². The second-order valence-electron chi connectivity index (χ2n) is 12.5. The first kappa shape index (κ1) is 30.3. The summed E-state index contributed by atoms with van der Waals surface area (Å²) < 4.78 is 22.7. The number of aliphatic hydroxyl groups is 2. The number of likely N-dealkylation sites (tertiary alicyclic amines) is 1. The first-order chi connectivity index (χ1) is 21.3. The van der Waals surface area contributed by atoms with Crippen LogP contribution in [0.2, 0.25) is 0 Å². The first-order valence-corrected chi connectivity index (χ1v) is 15.7. The topological polar surface area (TPSA) is 129 Å². The molecule has 1 amide bonds. The van der Waals surface area contributed by atoms with Gasteiger partial charge in [0, 0.05) is 60.6 Å². The number of benzene rings is 2. The van der Waals surface area contributed by atoms with Gasteiger partial charge in [0.2, 0.25) is 5.88 Å². The van der Waals surface area contributed by atoms with Crippen molar-refractivity contribution in [2.24, 2.45) is 5.92 Å². The van der Waals surface area contributed by atoms with Gasteiger partial charge in [0.1, 0.15) is 17.1 Å². The number of aliphatic hydroxyl groups excluding tert-OH is 1. The standard InChI is InChI=1S/C34H43N3O7/c1-22-20-37(15-10-29(22)38)16-14-34(40)12-8-24(9-13-34)35-33(39)44-32-19-27-28(36-32)4-3-5-30(27)42-17-11-23-21-43-31-18-25(41-2)6-7-26(23)31/h3-7,18-19,21-22,24,29,36,38,40H,8-17,20H2,1-2H3,(H,35,39)/t22-,24?,29-,34?/m0/s1. The van der Waals surface area contributed by atoms with Crippen LogP contribution in [0.3, 0.4) is 0 Å². The third-order valence-corrected chi connectivity index (χ3v) is 9.37. The molecule has 10 heteroatoms. The Balaban J connectivity index is 0.974. The lowest BCUT2D eigenvalue weighted by atomic mass is 9.80. The summed E-state index contributed by atoms with van der Waals surface area (Å²) in [5.74, 6) is 2.06. The number of methoxy groups -OCH3 is 1. The fourth-order valence-corrected chi connectivity index (χ4v) is 6.57. The number of piperidine rings is 1. The van der Waals surface area contributed by atoms with Gasteiger partial charge in [-0.2, -0.15) is 0 Å². The van der Waals surface area contributed by atoms with Gasteiger partial charge in [-0.3, -0.25) is 0 Å². The Labute approximate surface area is 257 Å². The predicted molar refractivity (Wildman–Crippen MR) is 167 cm³/mol. The minimum Gasteiger partial charge on any atom is -0.497 e. The van der Waals surface area contributed by atoms with Crippen molar-refractivity contribution in [2.45, 2.75) is 69.6 Å². The maximum Gasteiger partial charge on any atom is 0.414 e. The number of furan rings is 1. The van der Waals surface area contributed by atoms with Crippen molar-refractivity contribution in [3.05, 3.63) is 54.3 Å². The van der Waals surface area contributed by atoms with Crippen molar-refractivity contribution < 1.29 is 33.6 Å². The molecule has 44 heavy (non-hydrogen) atoms. The highest BCUT2D eigenvalue weighted by Crippen LogP contribution is 2.33. The van der Waals surface area contributed by atoms with Crippen LogP contribution in [-0.4, -0.2) is 77.3 Å². The summed E-state index contributed by atoms with van der Waals surface area (Å²) in [5, 5.41) is 26.0. The van der Waals surface area contributed by atoms with Gasteiger partial charge in [0.25, 0.3) is 0 Å². The van der Waals surface area contributed by atoms with Gasteiger partial charge in [-0.15, -0.1) is 0 Å². The zero-order valence-electron chi connectivity index (χ0n) is 25.5. The first-order valence-electron chi connectivity index (χ1n) is 15.7. The number of nitrogens with zero attached hydrogens (tertiary/aromatic N) is 1. The number of hydrogen-bond donors (Lipinski definition) is 4. The Morgan fingerprint density at radius 2 is 2.00 bits per heavy atom. The molecule has 3 heterocycles. The fourth-order valence-electron chi connectivity index (χ4n) is 6.57. The molecule has 4 aromatic rings. The molecule has 10 nitrogen and oxygen atoms in total. The van der Waals surface area contributed by atoms with Crippen LogP contribution in [0.4, 0.5) is 4.79 Å². The van der Waals surface area contributed by atoms with Gasteiger partial charge >= 0.3 is 6.09 Å². The van der Waals surface area contributed by atoms with Crippen LogP contribution in [0.15, 0.2) is 53.1 Å². The summed E-state index contributed by atoms with van der Waals surface area (Å²) in [5.41, 5.74) is 1.93. The number of carbonyl (C=O) groups is 1. The molecule has 2 fully saturated rings. The van der Waals surface area contributed by atoms with Gasteiger partial charge in [-0.1, -0.05) is 13.0 Å². The van der Waals surface area contributed by atoms with Crippen LogP contribution in [-0.2, 0) is 6.42 Å². The number of amides is 1. The van der Waals surface area contributed by atoms with E-state index in [-0.39, 0.29) is 18.1 Å². The van der Waals surface area contributed by atoms with Crippen LogP contribution in [0.25, 0.3) is 21.9 Å². The Morgan fingerprint density at radius 3 is 2.80 bits per heavy atom. The van der Waals surface area contributed by atoms with Crippen LogP contribution in [0.5, 0.6) is 17.4 Å². The van der Waals surface area contributed by atoms with Gasteiger partial charge in [0.15, 0.2) is 0 Å². The number of hydrogen-bond acceptors (Lipinski definition) is 8. The lowest BCUT2D eigenvalue weighted by Gasteiger charge is -2.39. The molecule has 0 bridgehead atoms. The Hall–Kier alpha value is -3.73. The summed E-state index contributed by atoms with van der Waals surface area (Å²) in [6, 6.07) is 13.2. The number of carbonyl (C=O) groups excluding carboxylic acids is 1. The highest BCUT2D eigenvalue weighted by molar-refractivity contribution is 5.88. The molecular formula is C34H43N3O7. The maximum absolute atomic E-state index is 12.8. The van der Waals surface area contributed by atoms with Crippen molar-refractivity contribution in [3.8, 4) is 17.4 Å². The van der Waals surface area contributed by atoms with Crippen molar-refractivity contribution in [1.29, 1.82) is 0 Å². The SMILES string of the molecule is COc1ccc2c(CCOc3cccc4[nH]c(OC(=O)NC5CCC(O)(CCN6CC[C@H](O)[C@@H](C)C6)CC5)cc34)coc2c1. The minimum absolute atomic E-state index is 0.0451. The smallest absolute Gasteiger partial charge is 0.414 e. The molecule has 1 saturated carbocycles. The van der Waals surface area contributed by atoms with Gasteiger partial charge < -0.3 is 44.0 Å². The van der Waals surface area contributed by atoms with E-state index in [0.29, 0.717) is 56.8 Å². The van der Waals surface area contributed by atoms with E-state index >= 15 is 0 Å². The Morgan fingerprint density at radius 1 is 1.16 bits per heavy atom. The van der Waals surface area contributed by atoms with E-state index in [0.717, 1.165) is 59.2 Å². The summed E-state index contributed by atoms with van der Waals surface area (Å²) in [6.07, 6.45) is 5.86. The number of aromatic amines is 1. The number of fused-ring (bicyclic) bond motifs is 2. The van der Waals surface area contributed by atoms with Crippen LogP contribution >= 0.6 is 0 Å². The molecule has 2 aliphatic rings. The number of ether oxygens (including phenoxy) is 3. The molecular weight excluding hydrogens is 562 g/mol. The molecule has 0 spiro atoms. The molecule has 2 aromatic carbocycles. The highest BCUT2D eigenvalue weighted by Gasteiger charge is 2.35. The summed E-state index contributed by atoms with van der Waals surface area (Å²) >= 11 is 0.